The molecule has 2 bridgehead atoms. The molecule has 2 aromatic heterocycles. The van der Waals surface area contributed by atoms with E-state index in [0.29, 0.717) is 11.8 Å². The van der Waals surface area contributed by atoms with Crippen molar-refractivity contribution in [3.63, 3.8) is 0 Å². The number of aliphatic hydroxyl groups is 1. The largest absolute Gasteiger partial charge is 0.395 e. The number of hydrogen-bond acceptors (Lipinski definition) is 6. The number of aliphatic hydroxyl groups excluding tert-OH is 1. The minimum atomic E-state index is 0.210. The van der Waals surface area contributed by atoms with E-state index in [1.165, 1.54) is 12.1 Å². The maximum absolute atomic E-state index is 13.3. The van der Waals surface area contributed by atoms with E-state index in [0.717, 1.165) is 76.7 Å². The molecule has 5 rings (SSSR count). The van der Waals surface area contributed by atoms with Crippen molar-refractivity contribution in [2.45, 2.75) is 32.0 Å². The summed E-state index contributed by atoms with van der Waals surface area (Å²) >= 11 is 0. The van der Waals surface area contributed by atoms with Crippen molar-refractivity contribution >= 4 is 0 Å². The topological polar surface area (TPSA) is 80.6 Å². The number of piperazine rings is 1. The normalized spacial score (nSPS) is 25.4. The van der Waals surface area contributed by atoms with Gasteiger partial charge in [0, 0.05) is 94.5 Å². The number of nitrogens with zero attached hydrogens (tertiary/aromatic N) is 5. The second-order valence-electron chi connectivity index (χ2n) is 9.12. The van der Waals surface area contributed by atoms with Gasteiger partial charge < -0.3 is 9.67 Å². The number of piperidine rings is 1. The summed E-state index contributed by atoms with van der Waals surface area (Å²) in [6.45, 7) is 9.30. The summed E-state index contributed by atoms with van der Waals surface area (Å²) in [6, 6.07) is 6.32. The van der Waals surface area contributed by atoms with Crippen molar-refractivity contribution in [2.75, 3.05) is 52.4 Å². The molecule has 0 spiro atoms. The Labute approximate surface area is 177 Å². The third-order valence-electron chi connectivity index (χ3n) is 6.99. The van der Waals surface area contributed by atoms with Crippen molar-refractivity contribution in [1.29, 1.82) is 0 Å². The summed E-state index contributed by atoms with van der Waals surface area (Å²) in [6.07, 6.45) is 2.99. The number of H-pyrrole nitrogens is 1. The molecule has 3 aliphatic heterocycles. The highest BCUT2D eigenvalue weighted by atomic mass is 16.3. The predicted octanol–water partition coefficient (Wildman–Crippen LogP) is 0.301. The Bertz CT molecular complexity index is 903. The van der Waals surface area contributed by atoms with Crippen molar-refractivity contribution in [2.24, 2.45) is 5.92 Å². The van der Waals surface area contributed by atoms with Gasteiger partial charge in [0.25, 0.3) is 5.56 Å². The number of pyridine rings is 1. The highest BCUT2D eigenvalue weighted by molar-refractivity contribution is 5.22. The number of rotatable bonds is 6. The summed E-state index contributed by atoms with van der Waals surface area (Å²) in [4.78, 5) is 20.4. The van der Waals surface area contributed by atoms with Crippen LogP contribution in [0.5, 0.6) is 0 Å². The van der Waals surface area contributed by atoms with Gasteiger partial charge in [-0.1, -0.05) is 6.07 Å². The van der Waals surface area contributed by atoms with Gasteiger partial charge in [0.2, 0.25) is 0 Å². The predicted molar refractivity (Wildman–Crippen MR) is 114 cm³/mol. The van der Waals surface area contributed by atoms with Gasteiger partial charge in [-0.05, 0) is 24.5 Å². The molecular weight excluding hydrogens is 380 g/mol. The van der Waals surface area contributed by atoms with Crippen LogP contribution in [0.2, 0.25) is 0 Å². The molecular formula is C22H32N6O2. The van der Waals surface area contributed by atoms with Crippen LogP contribution in [-0.4, -0.2) is 87.0 Å². The summed E-state index contributed by atoms with van der Waals surface area (Å²) in [5, 5.41) is 16.2. The van der Waals surface area contributed by atoms with Crippen molar-refractivity contribution in [3.8, 4) is 0 Å². The van der Waals surface area contributed by atoms with E-state index < -0.39 is 0 Å². The third-order valence-corrected chi connectivity index (χ3v) is 6.99. The number of hydrogen-bond donors (Lipinski definition) is 2. The van der Waals surface area contributed by atoms with Crippen LogP contribution in [0.15, 0.2) is 29.2 Å². The molecule has 0 aliphatic carbocycles. The summed E-state index contributed by atoms with van der Waals surface area (Å²) in [5.41, 5.74) is 3.49. The van der Waals surface area contributed by atoms with Crippen molar-refractivity contribution in [3.05, 3.63) is 51.7 Å². The fraction of sp³-hybridized carbons (Fsp3) is 0.636. The summed E-state index contributed by atoms with van der Waals surface area (Å²) in [7, 11) is 0. The van der Waals surface area contributed by atoms with E-state index in [1.54, 1.807) is 0 Å². The molecule has 0 aromatic carbocycles. The molecule has 2 N–H and O–H groups in total. The Hall–Kier alpha value is -2.00. The lowest BCUT2D eigenvalue weighted by molar-refractivity contribution is 0.106. The van der Waals surface area contributed by atoms with Gasteiger partial charge >= 0.3 is 0 Å². The minimum absolute atomic E-state index is 0.210. The molecule has 5 heterocycles. The van der Waals surface area contributed by atoms with Crippen molar-refractivity contribution < 1.29 is 5.11 Å². The zero-order chi connectivity index (χ0) is 20.5. The zero-order valence-electron chi connectivity index (χ0n) is 17.5. The first kappa shape index (κ1) is 19.9. The van der Waals surface area contributed by atoms with E-state index in [4.69, 9.17) is 5.11 Å². The van der Waals surface area contributed by atoms with E-state index in [2.05, 4.69) is 41.6 Å². The lowest BCUT2D eigenvalue weighted by Gasteiger charge is -2.43. The number of nitrogens with one attached hydrogen (secondary N) is 1. The number of aromatic nitrogens is 3. The van der Waals surface area contributed by atoms with Gasteiger partial charge in [-0.3, -0.25) is 24.6 Å². The highest BCUT2D eigenvalue weighted by Crippen LogP contribution is 2.35. The van der Waals surface area contributed by atoms with Gasteiger partial charge in [-0.2, -0.15) is 5.10 Å². The average molecular weight is 413 g/mol. The van der Waals surface area contributed by atoms with Gasteiger partial charge in [-0.25, -0.2) is 0 Å². The first-order valence-electron chi connectivity index (χ1n) is 11.2. The molecule has 8 heteroatoms. The summed E-state index contributed by atoms with van der Waals surface area (Å²) in [5.74, 6) is 0.971. The maximum Gasteiger partial charge on any atom is 0.255 e. The van der Waals surface area contributed by atoms with Gasteiger partial charge in [0.1, 0.15) is 0 Å². The van der Waals surface area contributed by atoms with Crippen LogP contribution in [0.3, 0.4) is 0 Å². The number of aromatic amines is 1. The number of likely N-dealkylation sites (tertiary alicyclic amines) is 1. The second kappa shape index (κ2) is 8.63. The van der Waals surface area contributed by atoms with E-state index in [9.17, 15) is 4.79 Å². The first-order valence-corrected chi connectivity index (χ1v) is 11.2. The molecule has 0 unspecified atom stereocenters. The van der Waals surface area contributed by atoms with Gasteiger partial charge in [0.15, 0.2) is 0 Å². The summed E-state index contributed by atoms with van der Waals surface area (Å²) < 4.78 is 2.07. The van der Waals surface area contributed by atoms with Gasteiger partial charge in [0.05, 0.1) is 6.61 Å². The molecule has 0 radical (unpaired) electrons. The Kier molecular flexibility index (Phi) is 5.73. The van der Waals surface area contributed by atoms with E-state index >= 15 is 0 Å². The van der Waals surface area contributed by atoms with Crippen LogP contribution < -0.4 is 5.56 Å². The molecule has 8 nitrogen and oxygen atoms in total. The Morgan fingerprint density at radius 2 is 1.83 bits per heavy atom. The number of fused-ring (bicyclic) bond motifs is 4. The molecule has 2 aromatic rings. The Morgan fingerprint density at radius 1 is 1.00 bits per heavy atom. The van der Waals surface area contributed by atoms with Crippen molar-refractivity contribution in [1.82, 2.24) is 29.5 Å². The smallest absolute Gasteiger partial charge is 0.255 e. The second-order valence-corrected chi connectivity index (χ2v) is 9.12. The molecule has 0 amide bonds. The van der Waals surface area contributed by atoms with Crippen LogP contribution in [0.1, 0.15) is 29.3 Å². The van der Waals surface area contributed by atoms with Crippen LogP contribution in [0.4, 0.5) is 0 Å². The third kappa shape index (κ3) is 4.09. The van der Waals surface area contributed by atoms with E-state index in [-0.39, 0.29) is 12.2 Å². The fourth-order valence-corrected chi connectivity index (χ4v) is 5.51. The lowest BCUT2D eigenvalue weighted by atomic mass is 9.83. The molecule has 3 aliphatic rings. The van der Waals surface area contributed by atoms with E-state index in [1.807, 2.05) is 12.3 Å². The molecule has 0 saturated carbocycles. The molecule has 30 heavy (non-hydrogen) atoms. The van der Waals surface area contributed by atoms with Crippen LogP contribution in [-0.2, 0) is 19.6 Å². The maximum atomic E-state index is 13.3. The highest BCUT2D eigenvalue weighted by Gasteiger charge is 2.35. The monoisotopic (exact) mass is 412 g/mol. The minimum Gasteiger partial charge on any atom is -0.395 e. The van der Waals surface area contributed by atoms with Crippen LogP contribution >= 0.6 is 0 Å². The first-order chi connectivity index (χ1) is 14.7. The molecule has 162 valence electrons. The van der Waals surface area contributed by atoms with Crippen LogP contribution in [0, 0.1) is 5.92 Å². The molecule has 2 fully saturated rings. The van der Waals surface area contributed by atoms with Gasteiger partial charge in [-0.15, -0.1) is 0 Å². The Balaban J connectivity index is 1.27. The zero-order valence-corrected chi connectivity index (χ0v) is 17.5. The molecule has 2 atom stereocenters. The molecule has 2 saturated heterocycles. The Morgan fingerprint density at radius 3 is 2.60 bits per heavy atom. The standard InChI is InChI=1S/C22H32N6O2/c29-10-9-25-5-7-26(8-6-25)14-18-1-2-21-19-11-17(13-28(21)22(18)30)12-27(15-19)16-20-3-4-23-24-20/h1-4,17,19,29H,5-16H2,(H,23,24)/t17-,19+/m0/s1. The SMILES string of the molecule is O=c1c(CN2CCN(CCO)CC2)ccc2n1C[C@H]1C[C@@H]2CN(Cc2ccn[nH]2)C1. The van der Waals surface area contributed by atoms with Crippen LogP contribution in [0.25, 0.3) is 0 Å². The lowest BCUT2D eigenvalue weighted by Crippen LogP contribution is -2.49. The quantitative estimate of drug-likeness (QED) is 0.711. The average Bonchev–Trinajstić information content (AvgIpc) is 3.25. The number of β-amino-alcohol motifs (C(OH)–C–C–N with tert-alkyl or cyclic N) is 1. The fourth-order valence-electron chi connectivity index (χ4n) is 5.51.